The van der Waals surface area contributed by atoms with Gasteiger partial charge in [0.25, 0.3) is 0 Å². The van der Waals surface area contributed by atoms with E-state index in [9.17, 15) is 13.2 Å². The van der Waals surface area contributed by atoms with Gasteiger partial charge in [0.15, 0.2) is 0 Å². The third-order valence-corrected chi connectivity index (χ3v) is 5.01. The molecule has 4 atom stereocenters. The molecule has 0 aromatic heterocycles. The molecule has 0 saturated carbocycles. The monoisotopic (exact) mass is 250 g/mol. The van der Waals surface area contributed by atoms with Crippen LogP contribution >= 0.6 is 9.39 Å². The predicted octanol–water partition coefficient (Wildman–Crippen LogP) is -0.343. The summed E-state index contributed by atoms with van der Waals surface area (Å²) in [6, 6.07) is -0.141. The first kappa shape index (κ1) is 11.3. The molecule has 0 aromatic carbocycles. The van der Waals surface area contributed by atoms with E-state index < -0.39 is 10.0 Å². The zero-order valence-electron chi connectivity index (χ0n) is 8.75. The van der Waals surface area contributed by atoms with Crippen LogP contribution < -0.4 is 0 Å². The number of hydrogen-bond acceptors (Lipinski definition) is 4. The lowest BCUT2D eigenvalue weighted by Crippen LogP contribution is -2.39. The van der Waals surface area contributed by atoms with Crippen molar-refractivity contribution in [3.8, 4) is 0 Å². The molecule has 0 N–H and O–H groups in total. The van der Waals surface area contributed by atoms with Crippen LogP contribution in [0.5, 0.6) is 0 Å². The maximum atomic E-state index is 11.8. The Morgan fingerprint density at radius 3 is 2.60 bits per heavy atom. The number of sulfonamides is 1. The summed E-state index contributed by atoms with van der Waals surface area (Å²) in [5, 5.41) is 0. The molecule has 2 heterocycles. The van der Waals surface area contributed by atoms with Gasteiger partial charge in [-0.25, -0.2) is 12.7 Å². The van der Waals surface area contributed by atoms with E-state index in [0.29, 0.717) is 0 Å². The fourth-order valence-electron chi connectivity index (χ4n) is 2.62. The number of carbonyl (C=O) groups excluding carboxylic acids is 1. The average molecular weight is 250 g/mol. The van der Waals surface area contributed by atoms with Crippen LogP contribution in [-0.2, 0) is 14.8 Å². The van der Waals surface area contributed by atoms with E-state index >= 15 is 0 Å². The Hall–Kier alpha value is -0.190. The van der Waals surface area contributed by atoms with Crippen molar-refractivity contribution < 1.29 is 13.2 Å². The molecule has 0 radical (unpaired) electrons. The molecule has 86 valence electrons. The number of rotatable bonds is 1. The second-order valence-electron chi connectivity index (χ2n) is 4.27. The summed E-state index contributed by atoms with van der Waals surface area (Å²) in [6.07, 6.45) is 1.84. The highest BCUT2D eigenvalue weighted by Crippen LogP contribution is 2.39. The van der Waals surface area contributed by atoms with Crippen LogP contribution in [-0.4, -0.2) is 48.2 Å². The Balaban J connectivity index is 2.40. The van der Waals surface area contributed by atoms with Gasteiger partial charge in [-0.2, -0.15) is 0 Å². The van der Waals surface area contributed by atoms with E-state index in [2.05, 4.69) is 9.39 Å². The quantitative estimate of drug-likeness (QED) is 0.597. The molecule has 0 spiro atoms. The molecule has 0 bridgehead atoms. The van der Waals surface area contributed by atoms with Crippen LogP contribution in [0.25, 0.3) is 0 Å². The van der Waals surface area contributed by atoms with Gasteiger partial charge in [-0.15, -0.1) is 0 Å². The van der Waals surface area contributed by atoms with Crippen molar-refractivity contribution >= 4 is 25.3 Å². The number of hydrogen-bond donors (Lipinski definition) is 0. The second kappa shape index (κ2) is 3.40. The summed E-state index contributed by atoms with van der Waals surface area (Å²) in [6.45, 7) is 2.62. The SMILES string of the molecule is CC1C(=O)N(S(C)(=O)=O)C2CCN(P)C12. The Bertz CT molecular complexity index is 397. The number of fused-ring (bicyclic) bond motifs is 1. The highest BCUT2D eigenvalue weighted by atomic mass is 32.2. The van der Waals surface area contributed by atoms with Gasteiger partial charge in [-0.05, 0) is 6.42 Å². The van der Waals surface area contributed by atoms with Gasteiger partial charge in [-0.3, -0.25) is 9.46 Å². The number of carbonyl (C=O) groups is 1. The summed E-state index contributed by atoms with van der Waals surface area (Å²) >= 11 is 0. The van der Waals surface area contributed by atoms with Crippen LogP contribution in [0, 0.1) is 5.92 Å². The predicted molar refractivity (Wildman–Crippen MR) is 59.5 cm³/mol. The molecule has 2 fully saturated rings. The maximum Gasteiger partial charge on any atom is 0.240 e. The Kier molecular flexibility index (Phi) is 2.56. The van der Waals surface area contributed by atoms with Crippen molar-refractivity contribution in [2.75, 3.05) is 12.8 Å². The molecule has 1 amide bonds. The Morgan fingerprint density at radius 1 is 1.47 bits per heavy atom. The van der Waals surface area contributed by atoms with Crippen LogP contribution in [0.15, 0.2) is 0 Å². The normalized spacial score (nSPS) is 37.4. The van der Waals surface area contributed by atoms with Crippen LogP contribution in [0.4, 0.5) is 0 Å². The first-order valence-corrected chi connectivity index (χ1v) is 7.25. The van der Waals surface area contributed by atoms with Crippen molar-refractivity contribution in [1.29, 1.82) is 0 Å². The minimum atomic E-state index is -3.41. The largest absolute Gasteiger partial charge is 0.281 e. The summed E-state index contributed by atoms with van der Waals surface area (Å²) in [4.78, 5) is 11.8. The van der Waals surface area contributed by atoms with E-state index in [1.165, 1.54) is 0 Å². The zero-order valence-corrected chi connectivity index (χ0v) is 10.7. The van der Waals surface area contributed by atoms with E-state index in [4.69, 9.17) is 0 Å². The maximum absolute atomic E-state index is 11.8. The first-order chi connectivity index (χ1) is 6.84. The Labute approximate surface area is 92.1 Å². The van der Waals surface area contributed by atoms with E-state index in [1.54, 1.807) is 6.92 Å². The van der Waals surface area contributed by atoms with Crippen LogP contribution in [0.2, 0.25) is 0 Å². The molecular weight excluding hydrogens is 235 g/mol. The summed E-state index contributed by atoms with van der Waals surface area (Å²) in [7, 11) is -0.838. The molecular formula is C8H15N2O3PS. The lowest BCUT2D eigenvalue weighted by molar-refractivity contribution is -0.127. The van der Waals surface area contributed by atoms with Crippen molar-refractivity contribution in [2.45, 2.75) is 25.4 Å². The number of amides is 1. The molecule has 0 aliphatic carbocycles. The highest BCUT2D eigenvalue weighted by molar-refractivity contribution is 7.88. The smallest absolute Gasteiger partial charge is 0.240 e. The topological polar surface area (TPSA) is 57.7 Å². The van der Waals surface area contributed by atoms with E-state index in [1.807, 2.05) is 4.67 Å². The van der Waals surface area contributed by atoms with E-state index in [-0.39, 0.29) is 23.9 Å². The second-order valence-corrected chi connectivity index (χ2v) is 6.79. The minimum Gasteiger partial charge on any atom is -0.281 e. The van der Waals surface area contributed by atoms with E-state index in [0.717, 1.165) is 23.5 Å². The molecule has 15 heavy (non-hydrogen) atoms. The fourth-order valence-corrected chi connectivity index (χ4v) is 4.44. The van der Waals surface area contributed by atoms with Crippen molar-refractivity contribution in [3.05, 3.63) is 0 Å². The molecule has 0 aromatic rings. The molecule has 2 aliphatic rings. The summed E-state index contributed by atoms with van der Waals surface area (Å²) in [5.41, 5.74) is 0. The number of nitrogens with zero attached hydrogens (tertiary/aromatic N) is 2. The van der Waals surface area contributed by atoms with Gasteiger partial charge in [0.2, 0.25) is 15.9 Å². The Morgan fingerprint density at radius 2 is 2.07 bits per heavy atom. The molecule has 2 rings (SSSR count). The van der Waals surface area contributed by atoms with Gasteiger partial charge in [0.05, 0.1) is 18.2 Å². The van der Waals surface area contributed by atoms with Crippen molar-refractivity contribution in [2.24, 2.45) is 5.92 Å². The van der Waals surface area contributed by atoms with Gasteiger partial charge in [0, 0.05) is 12.6 Å². The third kappa shape index (κ3) is 1.59. The van der Waals surface area contributed by atoms with Gasteiger partial charge >= 0.3 is 0 Å². The third-order valence-electron chi connectivity index (χ3n) is 3.24. The van der Waals surface area contributed by atoms with Gasteiger partial charge in [0.1, 0.15) is 0 Å². The molecule has 2 aliphatic heterocycles. The van der Waals surface area contributed by atoms with Crippen molar-refractivity contribution in [3.63, 3.8) is 0 Å². The lowest BCUT2D eigenvalue weighted by Gasteiger charge is -2.21. The summed E-state index contributed by atoms with van der Waals surface area (Å²) in [5.74, 6) is -0.496. The highest BCUT2D eigenvalue weighted by Gasteiger charge is 2.53. The van der Waals surface area contributed by atoms with Gasteiger partial charge in [-0.1, -0.05) is 16.3 Å². The zero-order chi connectivity index (χ0) is 11.4. The standard InChI is InChI=1S/C8H15N2O3PS/c1-5-7-6(3-4-9(7)14)10(8(5)11)15(2,12)13/h5-7H,3-4,14H2,1-2H3. The van der Waals surface area contributed by atoms with Crippen LogP contribution in [0.3, 0.4) is 0 Å². The van der Waals surface area contributed by atoms with Crippen molar-refractivity contribution in [1.82, 2.24) is 8.98 Å². The first-order valence-electron chi connectivity index (χ1n) is 4.88. The molecule has 7 heteroatoms. The fraction of sp³-hybridized carbons (Fsp3) is 0.875. The minimum absolute atomic E-state index is 0.0252. The van der Waals surface area contributed by atoms with Gasteiger partial charge < -0.3 is 0 Å². The van der Waals surface area contributed by atoms with Crippen LogP contribution in [0.1, 0.15) is 13.3 Å². The lowest BCUT2D eigenvalue weighted by atomic mass is 10.0. The summed E-state index contributed by atoms with van der Waals surface area (Å²) < 4.78 is 26.1. The molecule has 5 nitrogen and oxygen atoms in total. The molecule has 2 saturated heterocycles. The average Bonchev–Trinajstić information content (AvgIpc) is 2.54. The molecule has 4 unspecified atom stereocenters.